The van der Waals surface area contributed by atoms with Crippen LogP contribution in [0.1, 0.15) is 15.9 Å². The van der Waals surface area contributed by atoms with Gasteiger partial charge in [0.25, 0.3) is 0 Å². The van der Waals surface area contributed by atoms with E-state index in [9.17, 15) is 4.79 Å². The van der Waals surface area contributed by atoms with Crippen LogP contribution in [0, 0.1) is 9.64 Å². The second-order valence-corrected chi connectivity index (χ2v) is 6.95. The molecule has 0 aliphatic heterocycles. The van der Waals surface area contributed by atoms with E-state index in [0.717, 1.165) is 28.4 Å². The molecule has 1 aromatic heterocycles. The Morgan fingerprint density at radius 3 is 2.54 bits per heavy atom. The molecule has 1 amide bonds. The van der Waals surface area contributed by atoms with Crippen molar-refractivity contribution in [2.75, 3.05) is 0 Å². The first-order valence-electron chi connectivity index (χ1n) is 7.61. The first kappa shape index (κ1) is 15.2. The summed E-state index contributed by atoms with van der Waals surface area (Å²) in [5.74, 6) is -0.411. The number of rotatable bonds is 3. The van der Waals surface area contributed by atoms with Gasteiger partial charge in [0.1, 0.15) is 0 Å². The first-order valence-corrected chi connectivity index (χ1v) is 8.69. The Morgan fingerprint density at radius 2 is 1.79 bits per heavy atom. The van der Waals surface area contributed by atoms with Crippen LogP contribution >= 0.6 is 22.6 Å². The van der Waals surface area contributed by atoms with Crippen molar-refractivity contribution in [2.45, 2.75) is 6.54 Å². The molecule has 2 N–H and O–H groups in total. The fraction of sp³-hybridized carbons (Fsp3) is 0.0500. The van der Waals surface area contributed by atoms with E-state index in [-0.39, 0.29) is 0 Å². The zero-order valence-corrected chi connectivity index (χ0v) is 14.9. The van der Waals surface area contributed by atoms with Crippen LogP contribution in [0.4, 0.5) is 0 Å². The van der Waals surface area contributed by atoms with E-state index in [2.05, 4.69) is 63.6 Å². The number of carbonyl (C=O) groups excluding carboxylic acids is 1. The van der Waals surface area contributed by atoms with Crippen LogP contribution < -0.4 is 5.73 Å². The van der Waals surface area contributed by atoms with Gasteiger partial charge in [-0.3, -0.25) is 4.79 Å². The van der Waals surface area contributed by atoms with Crippen molar-refractivity contribution in [3.63, 3.8) is 0 Å². The molecule has 0 fully saturated rings. The lowest BCUT2D eigenvalue weighted by atomic mass is 10.1. The van der Waals surface area contributed by atoms with Crippen molar-refractivity contribution < 1.29 is 4.79 Å². The second-order valence-electron chi connectivity index (χ2n) is 5.71. The van der Waals surface area contributed by atoms with E-state index in [1.54, 1.807) is 6.07 Å². The Hall–Kier alpha value is -2.34. The minimum atomic E-state index is -0.411. The Bertz CT molecular complexity index is 1060. The molecule has 4 heteroatoms. The summed E-state index contributed by atoms with van der Waals surface area (Å²) < 4.78 is 3.43. The summed E-state index contributed by atoms with van der Waals surface area (Å²) in [6.45, 7) is 0.733. The molecule has 0 atom stereocenters. The molecule has 0 spiro atoms. The maximum atomic E-state index is 11.9. The van der Waals surface area contributed by atoms with Crippen molar-refractivity contribution in [3.8, 4) is 0 Å². The molecule has 0 saturated heterocycles. The average Bonchev–Trinajstić information content (AvgIpc) is 2.91. The van der Waals surface area contributed by atoms with Crippen molar-refractivity contribution in [2.24, 2.45) is 5.73 Å². The Labute approximate surface area is 153 Å². The number of hydrogen-bond donors (Lipinski definition) is 1. The smallest absolute Gasteiger partial charge is 0.249 e. The summed E-state index contributed by atoms with van der Waals surface area (Å²) in [5, 5.41) is 1.82. The highest BCUT2D eigenvalue weighted by Gasteiger charge is 2.16. The van der Waals surface area contributed by atoms with Gasteiger partial charge in [0.15, 0.2) is 0 Å². The fourth-order valence-corrected chi connectivity index (χ4v) is 3.52. The van der Waals surface area contributed by atoms with E-state index < -0.39 is 5.91 Å². The van der Waals surface area contributed by atoms with Gasteiger partial charge in [-0.25, -0.2) is 0 Å². The SMILES string of the molecule is NC(=O)c1cccc2c1c1[c]cccc1n2Cc1ccc(I)cc1. The first-order chi connectivity index (χ1) is 11.6. The summed E-state index contributed by atoms with van der Waals surface area (Å²) in [4.78, 5) is 11.9. The molecule has 4 rings (SSSR count). The number of nitrogens with two attached hydrogens (primary N) is 1. The number of aromatic nitrogens is 1. The van der Waals surface area contributed by atoms with Gasteiger partial charge in [-0.15, -0.1) is 0 Å². The van der Waals surface area contributed by atoms with Crippen LogP contribution in [-0.2, 0) is 6.54 Å². The maximum absolute atomic E-state index is 11.9. The van der Waals surface area contributed by atoms with Crippen molar-refractivity contribution in [1.29, 1.82) is 0 Å². The van der Waals surface area contributed by atoms with E-state index >= 15 is 0 Å². The molecule has 0 unspecified atom stereocenters. The number of benzene rings is 3. The topological polar surface area (TPSA) is 48.0 Å². The van der Waals surface area contributed by atoms with Gasteiger partial charge in [0, 0.05) is 26.5 Å². The van der Waals surface area contributed by atoms with Gasteiger partial charge in [0.05, 0.1) is 11.0 Å². The quantitative estimate of drug-likeness (QED) is 0.488. The molecule has 0 saturated carbocycles. The molecular formula is C20H14IN2O. The summed E-state index contributed by atoms with van der Waals surface area (Å²) >= 11 is 2.30. The molecule has 1 heterocycles. The lowest BCUT2D eigenvalue weighted by Crippen LogP contribution is -2.11. The van der Waals surface area contributed by atoms with Gasteiger partial charge in [-0.05, 0) is 64.6 Å². The number of hydrogen-bond acceptors (Lipinski definition) is 1. The number of halogens is 1. The Kier molecular flexibility index (Phi) is 3.76. The highest BCUT2D eigenvalue weighted by Crippen LogP contribution is 2.31. The maximum Gasteiger partial charge on any atom is 0.249 e. The van der Waals surface area contributed by atoms with E-state index in [0.29, 0.717) is 5.56 Å². The predicted octanol–water partition coefficient (Wildman–Crippen LogP) is 4.35. The van der Waals surface area contributed by atoms with Gasteiger partial charge < -0.3 is 10.3 Å². The standard InChI is InChI=1S/C20H14IN2O/c21-14-10-8-13(9-11-14)12-23-17-6-2-1-4-15(17)19-16(20(22)24)5-3-7-18(19)23/h1-3,5-11H,12H2,(H2,22,24). The van der Waals surface area contributed by atoms with Crippen LogP contribution in [0.5, 0.6) is 0 Å². The third-order valence-electron chi connectivity index (χ3n) is 4.23. The number of fused-ring (bicyclic) bond motifs is 3. The van der Waals surface area contributed by atoms with Crippen LogP contribution in [0.2, 0.25) is 0 Å². The Morgan fingerprint density at radius 1 is 1.04 bits per heavy atom. The van der Waals surface area contributed by atoms with Crippen LogP contribution in [0.25, 0.3) is 21.8 Å². The molecule has 4 aromatic rings. The molecule has 24 heavy (non-hydrogen) atoms. The second kappa shape index (κ2) is 5.94. The lowest BCUT2D eigenvalue weighted by Gasteiger charge is -2.08. The molecule has 0 aliphatic carbocycles. The highest BCUT2D eigenvalue weighted by molar-refractivity contribution is 14.1. The average molecular weight is 425 g/mol. The van der Waals surface area contributed by atoms with E-state index in [1.165, 1.54) is 9.13 Å². The molecule has 3 aromatic carbocycles. The summed E-state index contributed by atoms with van der Waals surface area (Å²) in [6.07, 6.45) is 0. The minimum absolute atomic E-state index is 0.411. The fourth-order valence-electron chi connectivity index (χ4n) is 3.16. The van der Waals surface area contributed by atoms with Gasteiger partial charge in [0.2, 0.25) is 5.91 Å². The monoisotopic (exact) mass is 425 g/mol. The molecule has 117 valence electrons. The van der Waals surface area contributed by atoms with Crippen LogP contribution in [0.3, 0.4) is 0 Å². The van der Waals surface area contributed by atoms with Gasteiger partial charge >= 0.3 is 0 Å². The third-order valence-corrected chi connectivity index (χ3v) is 4.95. The highest BCUT2D eigenvalue weighted by atomic mass is 127. The number of amides is 1. The zero-order valence-electron chi connectivity index (χ0n) is 12.8. The van der Waals surface area contributed by atoms with Crippen molar-refractivity contribution in [1.82, 2.24) is 4.57 Å². The molecule has 0 aliphatic rings. The van der Waals surface area contributed by atoms with Crippen LogP contribution in [-0.4, -0.2) is 10.5 Å². The summed E-state index contributed by atoms with van der Waals surface area (Å²) in [5.41, 5.74) is 9.40. The van der Waals surface area contributed by atoms with Crippen LogP contribution in [0.15, 0.2) is 60.7 Å². The minimum Gasteiger partial charge on any atom is -0.366 e. The molecular weight excluding hydrogens is 411 g/mol. The number of primary amides is 1. The molecule has 1 radical (unpaired) electrons. The number of carbonyl (C=O) groups is 1. The Balaban J connectivity index is 2.01. The predicted molar refractivity (Wildman–Crippen MR) is 105 cm³/mol. The normalized spacial score (nSPS) is 11.2. The number of nitrogens with zero attached hydrogens (tertiary/aromatic N) is 1. The van der Waals surface area contributed by atoms with Crippen molar-refractivity contribution in [3.05, 3.63) is 81.4 Å². The van der Waals surface area contributed by atoms with E-state index in [4.69, 9.17) is 5.73 Å². The van der Waals surface area contributed by atoms with Gasteiger partial charge in [-0.2, -0.15) is 0 Å². The zero-order chi connectivity index (χ0) is 16.7. The van der Waals surface area contributed by atoms with E-state index in [1.807, 2.05) is 24.3 Å². The third kappa shape index (κ3) is 2.47. The molecule has 3 nitrogen and oxygen atoms in total. The lowest BCUT2D eigenvalue weighted by molar-refractivity contribution is 0.100. The van der Waals surface area contributed by atoms with Gasteiger partial charge in [-0.1, -0.05) is 30.3 Å². The summed E-state index contributed by atoms with van der Waals surface area (Å²) in [6, 6.07) is 23.3. The summed E-state index contributed by atoms with van der Waals surface area (Å²) in [7, 11) is 0. The van der Waals surface area contributed by atoms with Crippen molar-refractivity contribution >= 4 is 50.3 Å². The largest absolute Gasteiger partial charge is 0.366 e. The molecule has 0 bridgehead atoms.